The number of fused-ring (bicyclic) bond motifs is 15. The average Bonchev–Trinajstić information content (AvgIpc) is 1.30. The molecule has 3 unspecified atom stereocenters. The number of carbonyl (C=O) groups is 12. The van der Waals surface area contributed by atoms with Gasteiger partial charge < -0.3 is 29.7 Å². The molecular formula is C72H99FeO15. The van der Waals surface area contributed by atoms with Crippen molar-refractivity contribution in [1.82, 2.24) is 0 Å². The second-order valence-electron chi connectivity index (χ2n) is 32.5. The minimum atomic E-state index is -1.04. The van der Waals surface area contributed by atoms with Crippen molar-refractivity contribution in [2.45, 2.75) is 236 Å². The first-order chi connectivity index (χ1) is 40.8. The fourth-order valence-electron chi connectivity index (χ4n) is 23.8. The van der Waals surface area contributed by atoms with Gasteiger partial charge >= 0.3 is 17.1 Å². The monoisotopic (exact) mass is 1260 g/mol. The van der Waals surface area contributed by atoms with Gasteiger partial charge in [-0.25, -0.2) is 0 Å². The molecule has 0 amide bonds. The van der Waals surface area contributed by atoms with Crippen LogP contribution in [0.4, 0.5) is 0 Å². The molecule has 12 rings (SSSR count). The molecule has 0 aliphatic heterocycles. The number of hydrogen-bond acceptors (Lipinski definition) is 15. The van der Waals surface area contributed by atoms with Gasteiger partial charge in [-0.3, -0.25) is 43.2 Å². The van der Waals surface area contributed by atoms with Crippen molar-refractivity contribution < 1.29 is 89.9 Å². The van der Waals surface area contributed by atoms with Gasteiger partial charge in [0.15, 0.2) is 0 Å². The summed E-state index contributed by atoms with van der Waals surface area (Å²) < 4.78 is 0. The van der Waals surface area contributed by atoms with Gasteiger partial charge in [-0.1, -0.05) is 62.3 Å². The number of hydrogen-bond donors (Lipinski definition) is 0. The molecule has 16 heteroatoms. The molecule has 12 aliphatic rings. The first-order valence-corrected chi connectivity index (χ1v) is 34.1. The Morgan fingerprint density at radius 3 is 0.841 bits per heavy atom. The Kier molecular flexibility index (Phi) is 19.5. The number of rotatable bonds is 12. The predicted octanol–water partition coefficient (Wildman–Crippen LogP) is 8.21. The molecule has 0 heterocycles. The van der Waals surface area contributed by atoms with Crippen LogP contribution in [0.5, 0.6) is 0 Å². The average molecular weight is 1260 g/mol. The van der Waals surface area contributed by atoms with Crippen molar-refractivity contribution in [3.63, 3.8) is 0 Å². The molecule has 15 nitrogen and oxygen atoms in total. The Bertz CT molecular complexity index is 2580. The Hall–Kier alpha value is -4.04. The molecule has 12 fully saturated rings. The summed E-state index contributed by atoms with van der Waals surface area (Å²) in [6, 6.07) is 0. The summed E-state index contributed by atoms with van der Waals surface area (Å²) in [5.41, 5.74) is -1.88. The van der Waals surface area contributed by atoms with Crippen LogP contribution in [0.1, 0.15) is 236 Å². The van der Waals surface area contributed by atoms with Gasteiger partial charge in [0.2, 0.25) is 0 Å². The van der Waals surface area contributed by atoms with E-state index in [0.717, 1.165) is 57.8 Å². The number of ketones is 9. The van der Waals surface area contributed by atoms with Crippen molar-refractivity contribution in [2.24, 2.45) is 139 Å². The van der Waals surface area contributed by atoms with Gasteiger partial charge in [0.05, 0.1) is 0 Å². The largest absolute Gasteiger partial charge is 3.00 e. The maximum atomic E-state index is 13.6. The standard InChI is InChI=1S/3C24H34O5.Fe/c3*1-13(4-7-21(28)29)16-5-6-17-22-18(12-20(27)24(16,17)3)23(2)9-8-15(25)10-14(23)11-19(22)26;/h3*13-14,16-18,22H,4-12H2,1-3H3,(H,28,29);/q;;;+3/p-3/t3*13-,14-,16+,17-,18-,22?,23-,24+;/m000./s1. The van der Waals surface area contributed by atoms with Crippen LogP contribution in [0.3, 0.4) is 0 Å². The molecule has 12 aliphatic carbocycles. The van der Waals surface area contributed by atoms with Crippen LogP contribution < -0.4 is 15.3 Å². The van der Waals surface area contributed by atoms with Gasteiger partial charge in [-0.05, 0) is 201 Å². The Labute approximate surface area is 532 Å². The zero-order valence-corrected chi connectivity index (χ0v) is 55.1. The summed E-state index contributed by atoms with van der Waals surface area (Å²) in [7, 11) is 0. The summed E-state index contributed by atoms with van der Waals surface area (Å²) in [6.07, 6.45) is 15.2. The maximum Gasteiger partial charge on any atom is 3.00 e. The topological polar surface area (TPSA) is 274 Å². The molecule has 0 spiro atoms. The van der Waals surface area contributed by atoms with E-state index in [4.69, 9.17) is 0 Å². The van der Waals surface area contributed by atoms with Crippen molar-refractivity contribution in [2.75, 3.05) is 0 Å². The van der Waals surface area contributed by atoms with E-state index in [1.807, 2.05) is 20.8 Å². The molecule has 88 heavy (non-hydrogen) atoms. The number of carboxylic acids is 3. The van der Waals surface area contributed by atoms with E-state index < -0.39 is 34.2 Å². The van der Waals surface area contributed by atoms with Crippen LogP contribution in [0.2, 0.25) is 0 Å². The van der Waals surface area contributed by atoms with E-state index in [1.165, 1.54) is 0 Å². The molecular weight excluding hydrogens is 1160 g/mol. The van der Waals surface area contributed by atoms with Gasteiger partial charge in [0.1, 0.15) is 52.0 Å². The van der Waals surface area contributed by atoms with E-state index in [2.05, 4.69) is 41.5 Å². The molecule has 0 aromatic carbocycles. The molecule has 0 bridgehead atoms. The van der Waals surface area contributed by atoms with Crippen LogP contribution in [-0.2, 0) is 74.6 Å². The molecule has 0 aromatic rings. The third-order valence-electron chi connectivity index (χ3n) is 29.1. The first-order valence-electron chi connectivity index (χ1n) is 34.1. The second kappa shape index (κ2) is 25.1. The van der Waals surface area contributed by atoms with E-state index in [9.17, 15) is 72.9 Å². The predicted molar refractivity (Wildman–Crippen MR) is 313 cm³/mol. The number of aliphatic carboxylic acids is 3. The molecule has 12 saturated carbocycles. The zero-order chi connectivity index (χ0) is 63.4. The van der Waals surface area contributed by atoms with Crippen molar-refractivity contribution in [3.05, 3.63) is 0 Å². The van der Waals surface area contributed by atoms with Crippen molar-refractivity contribution in [3.8, 4) is 0 Å². The van der Waals surface area contributed by atoms with Crippen LogP contribution in [-0.4, -0.2) is 70.0 Å². The van der Waals surface area contributed by atoms with Gasteiger partial charge in [-0.2, -0.15) is 0 Å². The summed E-state index contributed by atoms with van der Waals surface area (Å²) in [5.74, 6) is 0.391. The van der Waals surface area contributed by atoms with E-state index in [1.54, 1.807) is 0 Å². The van der Waals surface area contributed by atoms with E-state index in [0.29, 0.717) is 96.3 Å². The fraction of sp³-hybridized carbons (Fsp3) is 0.833. The number of carboxylic acid groups (broad SMARTS) is 3. The minimum Gasteiger partial charge on any atom is -0.550 e. The Balaban J connectivity index is 0.000000156. The number of Topliss-reactive ketones (excluding diaryl/α,β-unsaturated/α-hetero) is 9. The zero-order valence-electron chi connectivity index (χ0n) is 54.0. The molecule has 0 N–H and O–H groups in total. The smallest absolute Gasteiger partial charge is 0.550 e. The molecule has 24 atom stereocenters. The van der Waals surface area contributed by atoms with Gasteiger partial charge in [0, 0.05) is 129 Å². The Morgan fingerprint density at radius 1 is 0.375 bits per heavy atom. The normalized spacial score (nSPS) is 44.8. The van der Waals surface area contributed by atoms with Crippen LogP contribution in [0.25, 0.3) is 0 Å². The summed E-state index contributed by atoms with van der Waals surface area (Å²) in [5, 5.41) is 32.8. The van der Waals surface area contributed by atoms with Crippen molar-refractivity contribution >= 4 is 70.0 Å². The van der Waals surface area contributed by atoms with Gasteiger partial charge in [0.25, 0.3) is 0 Å². The molecule has 1 radical (unpaired) electrons. The van der Waals surface area contributed by atoms with Crippen LogP contribution in [0.15, 0.2) is 0 Å². The molecule has 0 saturated heterocycles. The molecule has 0 aromatic heterocycles. The fourth-order valence-corrected chi connectivity index (χ4v) is 23.8. The quantitative estimate of drug-likeness (QED) is 0.167. The first kappa shape index (κ1) is 68.3. The second-order valence-corrected chi connectivity index (χ2v) is 32.5. The number of carbonyl (C=O) groups excluding carboxylic acids is 12. The maximum absolute atomic E-state index is 13.6. The third kappa shape index (κ3) is 11.3. The van der Waals surface area contributed by atoms with Gasteiger partial charge in [-0.15, -0.1) is 0 Å². The van der Waals surface area contributed by atoms with E-state index in [-0.39, 0.29) is 211 Å². The van der Waals surface area contributed by atoms with Crippen LogP contribution in [0, 0.1) is 139 Å². The van der Waals surface area contributed by atoms with Crippen LogP contribution >= 0.6 is 0 Å². The summed E-state index contributed by atoms with van der Waals surface area (Å²) in [6.45, 7) is 19.0. The van der Waals surface area contributed by atoms with Crippen molar-refractivity contribution in [1.29, 1.82) is 0 Å². The summed E-state index contributed by atoms with van der Waals surface area (Å²) in [4.78, 5) is 150. The Morgan fingerprint density at radius 2 is 0.614 bits per heavy atom. The molecule has 485 valence electrons. The minimum absolute atomic E-state index is 0. The van der Waals surface area contributed by atoms with E-state index >= 15 is 0 Å². The third-order valence-corrected chi connectivity index (χ3v) is 29.1. The SMILES string of the molecule is C[C@@H](CCC(=O)[O-])[C@H]1CC[C@H]2C3C(=O)C[C@@H]4CC(=O)CC[C@]4(C)[C@H]3CC(=O)[C@]12C.C[C@@H](CCC(=O)[O-])[C@H]1CC[C@H]2C3C(=O)C[C@@H]4CC(=O)CC[C@]4(C)[C@H]3CC(=O)[C@]12C.C[C@@H](CCC(=O)[O-])[C@H]1CC[C@H]2C3C(=O)C[C@@H]4CC(=O)CC[C@]4(C)[C@H]3CC(=O)[C@]12C.[Fe+3]. The summed E-state index contributed by atoms with van der Waals surface area (Å²) >= 11 is 0.